The van der Waals surface area contributed by atoms with Crippen molar-refractivity contribution in [2.45, 2.75) is 56.9 Å². The molecular formula is C10H20ClNO2. The minimum absolute atomic E-state index is 0. The molecule has 4 heteroatoms. The highest BCUT2D eigenvalue weighted by molar-refractivity contribution is 5.85. The highest BCUT2D eigenvalue weighted by Crippen LogP contribution is 2.31. The maximum Gasteiger partial charge on any atom is 0.303 e. The van der Waals surface area contributed by atoms with Crippen molar-refractivity contribution in [3.05, 3.63) is 0 Å². The SMILES string of the molecule is Cl.NC1(CCCCC(=O)O)CCCC1. The molecule has 0 aliphatic heterocycles. The van der Waals surface area contributed by atoms with E-state index in [1.807, 2.05) is 0 Å². The van der Waals surface area contributed by atoms with Crippen molar-refractivity contribution in [2.24, 2.45) is 5.73 Å². The molecule has 3 nitrogen and oxygen atoms in total. The van der Waals surface area contributed by atoms with E-state index >= 15 is 0 Å². The average molecular weight is 222 g/mol. The molecule has 0 amide bonds. The van der Waals surface area contributed by atoms with Crippen LogP contribution in [0.25, 0.3) is 0 Å². The molecule has 0 bridgehead atoms. The fourth-order valence-corrected chi connectivity index (χ4v) is 2.08. The van der Waals surface area contributed by atoms with Gasteiger partial charge in [0.15, 0.2) is 0 Å². The van der Waals surface area contributed by atoms with Crippen LogP contribution in [0.2, 0.25) is 0 Å². The second-order valence-electron chi connectivity index (χ2n) is 4.17. The van der Waals surface area contributed by atoms with Crippen LogP contribution in [0.15, 0.2) is 0 Å². The quantitative estimate of drug-likeness (QED) is 0.701. The van der Waals surface area contributed by atoms with Crippen molar-refractivity contribution in [1.29, 1.82) is 0 Å². The monoisotopic (exact) mass is 221 g/mol. The summed E-state index contributed by atoms with van der Waals surface area (Å²) in [6, 6.07) is 0. The molecule has 0 atom stereocenters. The number of carboxylic acid groups (broad SMARTS) is 1. The number of unbranched alkanes of at least 4 members (excludes halogenated alkanes) is 1. The van der Waals surface area contributed by atoms with E-state index < -0.39 is 5.97 Å². The molecule has 0 radical (unpaired) electrons. The van der Waals surface area contributed by atoms with Crippen molar-refractivity contribution in [3.63, 3.8) is 0 Å². The smallest absolute Gasteiger partial charge is 0.303 e. The van der Waals surface area contributed by atoms with Gasteiger partial charge < -0.3 is 10.8 Å². The lowest BCUT2D eigenvalue weighted by molar-refractivity contribution is -0.137. The highest BCUT2D eigenvalue weighted by Gasteiger charge is 2.28. The van der Waals surface area contributed by atoms with Crippen LogP contribution < -0.4 is 5.73 Å². The zero-order chi connectivity index (χ0) is 9.73. The molecule has 3 N–H and O–H groups in total. The Balaban J connectivity index is 0.00000169. The van der Waals surface area contributed by atoms with Gasteiger partial charge in [0, 0.05) is 12.0 Å². The van der Waals surface area contributed by atoms with E-state index in [0.29, 0.717) is 0 Å². The third kappa shape index (κ3) is 4.82. The largest absolute Gasteiger partial charge is 0.481 e. The van der Waals surface area contributed by atoms with Gasteiger partial charge in [-0.3, -0.25) is 4.79 Å². The van der Waals surface area contributed by atoms with Crippen molar-refractivity contribution in [1.82, 2.24) is 0 Å². The lowest BCUT2D eigenvalue weighted by atomic mass is 9.92. The zero-order valence-corrected chi connectivity index (χ0v) is 9.31. The van der Waals surface area contributed by atoms with E-state index in [9.17, 15) is 4.79 Å². The molecule has 0 aromatic carbocycles. The Morgan fingerprint density at radius 1 is 1.29 bits per heavy atom. The minimum Gasteiger partial charge on any atom is -0.481 e. The van der Waals surface area contributed by atoms with Crippen LogP contribution in [0.5, 0.6) is 0 Å². The molecule has 0 aromatic rings. The van der Waals surface area contributed by atoms with Gasteiger partial charge in [-0.2, -0.15) is 0 Å². The van der Waals surface area contributed by atoms with Gasteiger partial charge >= 0.3 is 5.97 Å². The van der Waals surface area contributed by atoms with Crippen LogP contribution in [-0.4, -0.2) is 16.6 Å². The lowest BCUT2D eigenvalue weighted by Crippen LogP contribution is -2.36. The summed E-state index contributed by atoms with van der Waals surface area (Å²) in [5.74, 6) is -0.697. The fourth-order valence-electron chi connectivity index (χ4n) is 2.08. The molecule has 1 aliphatic rings. The number of hydrogen-bond donors (Lipinski definition) is 2. The first kappa shape index (κ1) is 13.7. The highest BCUT2D eigenvalue weighted by atomic mass is 35.5. The van der Waals surface area contributed by atoms with Crippen molar-refractivity contribution in [3.8, 4) is 0 Å². The topological polar surface area (TPSA) is 63.3 Å². The van der Waals surface area contributed by atoms with Gasteiger partial charge in [-0.1, -0.05) is 19.3 Å². The molecule has 1 aliphatic carbocycles. The van der Waals surface area contributed by atoms with Gasteiger partial charge in [0.05, 0.1) is 0 Å². The Kier molecular flexibility index (Phi) is 6.12. The second-order valence-corrected chi connectivity index (χ2v) is 4.17. The number of rotatable bonds is 5. The van der Waals surface area contributed by atoms with E-state index in [-0.39, 0.29) is 24.4 Å². The maximum absolute atomic E-state index is 10.2. The molecule has 1 saturated carbocycles. The standard InChI is InChI=1S/C10H19NO2.ClH/c11-10(7-3-4-8-10)6-2-1-5-9(12)13;/h1-8,11H2,(H,12,13);1H. The Morgan fingerprint density at radius 3 is 2.36 bits per heavy atom. The Hall–Kier alpha value is -0.280. The maximum atomic E-state index is 10.2. The molecule has 14 heavy (non-hydrogen) atoms. The molecule has 0 heterocycles. The number of aliphatic carboxylic acids is 1. The second kappa shape index (κ2) is 6.25. The Labute approximate surface area is 91.5 Å². The van der Waals surface area contributed by atoms with Gasteiger partial charge in [0.1, 0.15) is 0 Å². The predicted octanol–water partition coefficient (Wildman–Crippen LogP) is 2.32. The van der Waals surface area contributed by atoms with Crippen LogP contribution in [0.3, 0.4) is 0 Å². The van der Waals surface area contributed by atoms with Crippen LogP contribution in [0, 0.1) is 0 Å². The molecule has 0 aromatic heterocycles. The summed E-state index contributed by atoms with van der Waals surface area (Å²) in [6.45, 7) is 0. The number of hydrogen-bond acceptors (Lipinski definition) is 2. The third-order valence-electron chi connectivity index (χ3n) is 2.91. The molecule has 1 rings (SSSR count). The molecule has 84 valence electrons. The lowest BCUT2D eigenvalue weighted by Gasteiger charge is -2.22. The minimum atomic E-state index is -0.697. The van der Waals surface area contributed by atoms with Gasteiger partial charge in [-0.05, 0) is 25.7 Å². The first-order chi connectivity index (χ1) is 6.12. The third-order valence-corrected chi connectivity index (χ3v) is 2.91. The van der Waals surface area contributed by atoms with E-state index in [1.165, 1.54) is 12.8 Å². The summed E-state index contributed by atoms with van der Waals surface area (Å²) in [7, 11) is 0. The molecule has 0 unspecified atom stereocenters. The number of carboxylic acids is 1. The van der Waals surface area contributed by atoms with Crippen LogP contribution >= 0.6 is 12.4 Å². The summed E-state index contributed by atoms with van der Waals surface area (Å²) in [4.78, 5) is 10.2. The Bertz CT molecular complexity index is 179. The van der Waals surface area contributed by atoms with E-state index in [2.05, 4.69) is 0 Å². The zero-order valence-electron chi connectivity index (χ0n) is 8.50. The van der Waals surface area contributed by atoms with Gasteiger partial charge in [0.25, 0.3) is 0 Å². The summed E-state index contributed by atoms with van der Waals surface area (Å²) in [5, 5.41) is 8.44. The van der Waals surface area contributed by atoms with Crippen LogP contribution in [0.4, 0.5) is 0 Å². The van der Waals surface area contributed by atoms with E-state index in [4.69, 9.17) is 10.8 Å². The summed E-state index contributed by atoms with van der Waals surface area (Å²) >= 11 is 0. The average Bonchev–Trinajstić information content (AvgIpc) is 2.47. The van der Waals surface area contributed by atoms with Gasteiger partial charge in [-0.15, -0.1) is 12.4 Å². The Morgan fingerprint density at radius 2 is 1.86 bits per heavy atom. The fraction of sp³-hybridized carbons (Fsp3) is 0.900. The van der Waals surface area contributed by atoms with Crippen molar-refractivity contribution in [2.75, 3.05) is 0 Å². The number of carbonyl (C=O) groups is 1. The first-order valence-corrected chi connectivity index (χ1v) is 5.13. The number of nitrogens with two attached hydrogens (primary N) is 1. The molecule has 0 saturated heterocycles. The van der Waals surface area contributed by atoms with Crippen LogP contribution in [0.1, 0.15) is 51.4 Å². The normalized spacial score (nSPS) is 18.9. The first-order valence-electron chi connectivity index (χ1n) is 5.13. The molecular weight excluding hydrogens is 202 g/mol. The van der Waals surface area contributed by atoms with E-state index in [0.717, 1.165) is 32.1 Å². The van der Waals surface area contributed by atoms with Crippen molar-refractivity contribution >= 4 is 18.4 Å². The summed E-state index contributed by atoms with van der Waals surface area (Å²) in [6.07, 6.45) is 7.76. The van der Waals surface area contributed by atoms with Gasteiger partial charge in [-0.25, -0.2) is 0 Å². The number of halogens is 1. The molecule has 0 spiro atoms. The van der Waals surface area contributed by atoms with Crippen molar-refractivity contribution < 1.29 is 9.90 Å². The molecule has 1 fully saturated rings. The van der Waals surface area contributed by atoms with Gasteiger partial charge in [0.2, 0.25) is 0 Å². The predicted molar refractivity (Wildman–Crippen MR) is 58.7 cm³/mol. The summed E-state index contributed by atoms with van der Waals surface area (Å²) in [5.41, 5.74) is 6.17. The van der Waals surface area contributed by atoms with Crippen LogP contribution in [-0.2, 0) is 4.79 Å². The summed E-state index contributed by atoms with van der Waals surface area (Å²) < 4.78 is 0. The van der Waals surface area contributed by atoms with E-state index in [1.54, 1.807) is 0 Å².